The van der Waals surface area contributed by atoms with Crippen molar-refractivity contribution in [3.8, 4) is 22.4 Å². The van der Waals surface area contributed by atoms with E-state index in [2.05, 4.69) is 47.4 Å². The number of carbonyl (C=O) groups is 1. The molecule has 5 aromatic rings. The first-order valence-electron chi connectivity index (χ1n) is 10.3. The molecule has 0 aliphatic carbocycles. The predicted molar refractivity (Wildman–Crippen MR) is 134 cm³/mol. The van der Waals surface area contributed by atoms with Crippen LogP contribution in [0.15, 0.2) is 116 Å². The molecule has 156 valence electrons. The number of halogens is 1. The molecule has 0 atom stereocenters. The highest BCUT2D eigenvalue weighted by Crippen LogP contribution is 2.22. The minimum atomic E-state index is 0. The first kappa shape index (κ1) is 21.6. The molecule has 4 heteroatoms. The first-order valence-corrected chi connectivity index (χ1v) is 10.3. The van der Waals surface area contributed by atoms with Gasteiger partial charge in [-0.1, -0.05) is 84.9 Å². The Morgan fingerprint density at radius 1 is 0.688 bits per heavy atom. The van der Waals surface area contributed by atoms with Crippen LogP contribution in [0.25, 0.3) is 33.2 Å². The van der Waals surface area contributed by atoms with E-state index < -0.39 is 0 Å². The molecule has 0 radical (unpaired) electrons. The van der Waals surface area contributed by atoms with Crippen LogP contribution in [-0.4, -0.2) is 10.8 Å². The van der Waals surface area contributed by atoms with Crippen LogP contribution in [0, 0.1) is 0 Å². The van der Waals surface area contributed by atoms with Gasteiger partial charge in [-0.2, -0.15) is 0 Å². The van der Waals surface area contributed by atoms with E-state index in [0.29, 0.717) is 5.56 Å². The molecule has 0 bridgehead atoms. The molecule has 32 heavy (non-hydrogen) atoms. The Kier molecular flexibility index (Phi) is 6.52. The highest BCUT2D eigenvalue weighted by atomic mass is 79.9. The molecule has 0 saturated carbocycles. The number of carbonyl (C=O) groups excluding carboxylic acids is 1. The van der Waals surface area contributed by atoms with E-state index in [0.717, 1.165) is 22.4 Å². The van der Waals surface area contributed by atoms with E-state index in [1.165, 1.54) is 10.8 Å². The van der Waals surface area contributed by atoms with Crippen LogP contribution >= 0.6 is 17.0 Å². The van der Waals surface area contributed by atoms with E-state index in [1.807, 2.05) is 71.4 Å². The van der Waals surface area contributed by atoms with Crippen LogP contribution in [0.2, 0.25) is 0 Å². The molecular formula is C28H22BrN2O+. The lowest BCUT2D eigenvalue weighted by molar-refractivity contribution is -0.686. The second-order valence-corrected chi connectivity index (χ2v) is 7.55. The zero-order chi connectivity index (χ0) is 21.0. The van der Waals surface area contributed by atoms with E-state index in [4.69, 9.17) is 0 Å². The summed E-state index contributed by atoms with van der Waals surface area (Å²) in [6, 6.07) is 34.5. The monoisotopic (exact) mass is 481 g/mol. The molecule has 0 amide bonds. The third-order valence-corrected chi connectivity index (χ3v) is 5.45. The molecule has 0 aliphatic heterocycles. The van der Waals surface area contributed by atoms with Gasteiger partial charge in [0.05, 0.1) is 6.20 Å². The summed E-state index contributed by atoms with van der Waals surface area (Å²) in [7, 11) is 0. The molecule has 1 aromatic heterocycles. The van der Waals surface area contributed by atoms with Gasteiger partial charge in [0.1, 0.15) is 0 Å². The Balaban J connectivity index is 0.00000245. The quantitative estimate of drug-likeness (QED) is 0.217. The van der Waals surface area contributed by atoms with Gasteiger partial charge in [-0.05, 0) is 39.0 Å². The Labute approximate surface area is 197 Å². The molecule has 0 unspecified atom stereocenters. The topological polar surface area (TPSA) is 33.8 Å². The van der Waals surface area contributed by atoms with Crippen LogP contribution in [0.3, 0.4) is 0 Å². The normalized spacial score (nSPS) is 10.5. The van der Waals surface area contributed by atoms with E-state index in [-0.39, 0.29) is 29.3 Å². The van der Waals surface area contributed by atoms with E-state index >= 15 is 0 Å². The summed E-state index contributed by atoms with van der Waals surface area (Å²) in [6.45, 7) is 0.260. The number of Topliss-reactive ketones (excluding diaryl/α,β-unsaturated/α-hetero) is 1. The number of fused-ring (bicyclic) bond motifs is 1. The van der Waals surface area contributed by atoms with Gasteiger partial charge in [0.2, 0.25) is 5.78 Å². The third-order valence-electron chi connectivity index (χ3n) is 5.45. The summed E-state index contributed by atoms with van der Waals surface area (Å²) in [5.41, 5.74) is 4.90. The molecule has 5 rings (SSSR count). The van der Waals surface area contributed by atoms with Gasteiger partial charge in [-0.3, -0.25) is 4.79 Å². The van der Waals surface area contributed by atoms with Crippen molar-refractivity contribution in [2.75, 3.05) is 0 Å². The number of hydrogen-bond donors (Lipinski definition) is 0. The van der Waals surface area contributed by atoms with E-state index in [1.54, 1.807) is 6.33 Å². The summed E-state index contributed by atoms with van der Waals surface area (Å²) >= 11 is 0. The van der Waals surface area contributed by atoms with Gasteiger partial charge in [-0.15, -0.1) is 17.0 Å². The summed E-state index contributed by atoms with van der Waals surface area (Å²) in [5, 5.41) is 2.40. The number of nitrogens with zero attached hydrogens (tertiary/aromatic N) is 2. The minimum absolute atomic E-state index is 0. The zero-order valence-electron chi connectivity index (χ0n) is 17.4. The van der Waals surface area contributed by atoms with Crippen LogP contribution in [-0.2, 0) is 6.54 Å². The third kappa shape index (κ3) is 4.66. The summed E-state index contributed by atoms with van der Waals surface area (Å²) in [5.74, 6) is 0.0601. The van der Waals surface area contributed by atoms with Crippen LogP contribution in [0.4, 0.5) is 0 Å². The van der Waals surface area contributed by atoms with Gasteiger partial charge in [0.25, 0.3) is 6.33 Å². The lowest BCUT2D eigenvalue weighted by Gasteiger charge is -2.04. The Morgan fingerprint density at radius 3 is 2.06 bits per heavy atom. The lowest BCUT2D eigenvalue weighted by Crippen LogP contribution is -2.37. The van der Waals surface area contributed by atoms with Gasteiger partial charge in [0, 0.05) is 17.2 Å². The van der Waals surface area contributed by atoms with Gasteiger partial charge < -0.3 is 0 Å². The van der Waals surface area contributed by atoms with Gasteiger partial charge >= 0.3 is 0 Å². The maximum Gasteiger partial charge on any atom is 0.287 e. The van der Waals surface area contributed by atoms with Crippen molar-refractivity contribution in [3.63, 3.8) is 0 Å². The Morgan fingerprint density at radius 2 is 1.34 bits per heavy atom. The molecule has 0 fully saturated rings. The SMILES string of the molecule is Br.O=C(C[n+]1ccc(-c2ccc3ccccc3c2)nc1)c1ccc(-c2ccccc2)cc1. The Bertz CT molecular complexity index is 1350. The highest BCUT2D eigenvalue weighted by molar-refractivity contribution is 8.93. The standard InChI is InChI=1S/C28H21N2O.BrH/c31-28(24-13-10-23(11-14-24)21-6-2-1-3-7-21)19-30-17-16-27(29-20-30)26-15-12-22-8-4-5-9-25(22)18-26;/h1-18,20H,19H2;1H/q+1;. The number of ketones is 1. The molecule has 0 saturated heterocycles. The lowest BCUT2D eigenvalue weighted by atomic mass is 10.0. The van der Waals surface area contributed by atoms with Crippen LogP contribution < -0.4 is 4.57 Å². The zero-order valence-corrected chi connectivity index (χ0v) is 19.1. The van der Waals surface area contributed by atoms with Crippen LogP contribution in [0.1, 0.15) is 10.4 Å². The average Bonchev–Trinajstić information content (AvgIpc) is 2.85. The van der Waals surface area contributed by atoms with Crippen molar-refractivity contribution in [1.82, 2.24) is 4.98 Å². The van der Waals surface area contributed by atoms with Crippen molar-refractivity contribution < 1.29 is 9.36 Å². The fourth-order valence-corrected chi connectivity index (χ4v) is 3.73. The molecule has 1 heterocycles. The van der Waals surface area contributed by atoms with Crippen molar-refractivity contribution in [3.05, 3.63) is 121 Å². The smallest absolute Gasteiger partial charge is 0.287 e. The fraction of sp³-hybridized carbons (Fsp3) is 0.0357. The van der Waals surface area contributed by atoms with Crippen molar-refractivity contribution in [2.24, 2.45) is 0 Å². The fourth-order valence-electron chi connectivity index (χ4n) is 3.73. The predicted octanol–water partition coefficient (Wildman–Crippen LogP) is 6.32. The Hall–Kier alpha value is -3.63. The maximum atomic E-state index is 12.7. The summed E-state index contributed by atoms with van der Waals surface area (Å²) in [4.78, 5) is 17.3. The molecule has 0 N–H and O–H groups in total. The van der Waals surface area contributed by atoms with Crippen LogP contribution in [0.5, 0.6) is 0 Å². The van der Waals surface area contributed by atoms with Gasteiger partial charge in [-0.25, -0.2) is 4.57 Å². The summed E-state index contributed by atoms with van der Waals surface area (Å²) in [6.07, 6.45) is 3.63. The molecule has 4 aromatic carbocycles. The summed E-state index contributed by atoms with van der Waals surface area (Å²) < 4.78 is 1.82. The second kappa shape index (κ2) is 9.67. The highest BCUT2D eigenvalue weighted by Gasteiger charge is 2.12. The molecule has 0 spiro atoms. The average molecular weight is 482 g/mol. The van der Waals surface area contributed by atoms with Crippen molar-refractivity contribution in [1.29, 1.82) is 0 Å². The maximum absolute atomic E-state index is 12.7. The second-order valence-electron chi connectivity index (χ2n) is 7.55. The number of benzene rings is 4. The molecule has 0 aliphatic rings. The number of aromatic nitrogens is 2. The first-order chi connectivity index (χ1) is 15.3. The van der Waals surface area contributed by atoms with E-state index in [9.17, 15) is 4.79 Å². The van der Waals surface area contributed by atoms with Gasteiger partial charge in [0.15, 0.2) is 12.2 Å². The molecule has 3 nitrogen and oxygen atoms in total. The minimum Gasteiger partial charge on any atom is -0.290 e. The van der Waals surface area contributed by atoms with Crippen molar-refractivity contribution in [2.45, 2.75) is 6.54 Å². The number of hydrogen-bond acceptors (Lipinski definition) is 2. The molecular weight excluding hydrogens is 460 g/mol. The van der Waals surface area contributed by atoms with Crippen molar-refractivity contribution >= 4 is 33.5 Å². The number of rotatable bonds is 5. The largest absolute Gasteiger partial charge is 0.290 e.